The van der Waals surface area contributed by atoms with Crippen LogP contribution in [-0.4, -0.2) is 31.0 Å². The summed E-state index contributed by atoms with van der Waals surface area (Å²) < 4.78 is 10.6. The van der Waals surface area contributed by atoms with E-state index in [1.54, 1.807) is 18.6 Å². The van der Waals surface area contributed by atoms with E-state index >= 15 is 0 Å². The minimum absolute atomic E-state index is 0. The van der Waals surface area contributed by atoms with E-state index in [2.05, 4.69) is 9.98 Å². The topological polar surface area (TPSA) is 43.7 Å². The molecule has 4 nitrogen and oxygen atoms in total. The van der Waals surface area contributed by atoms with Crippen LogP contribution in [0.5, 0.6) is 11.5 Å². The Bertz CT molecular complexity index is 507. The van der Waals surface area contributed by atoms with E-state index in [0.29, 0.717) is 13.2 Å². The number of allylic oxidation sites excluding steroid dienone is 1. The first-order chi connectivity index (χ1) is 10.5. The second kappa shape index (κ2) is 15.3. The van der Waals surface area contributed by atoms with Crippen LogP contribution in [0.4, 0.5) is 0 Å². The Balaban J connectivity index is 0. The van der Waals surface area contributed by atoms with Gasteiger partial charge in [-0.25, -0.2) is 0 Å². The monoisotopic (exact) mass is 330 g/mol. The number of ether oxygens (including phenoxy) is 2. The largest absolute Gasteiger partial charge is 0.486 e. The van der Waals surface area contributed by atoms with Gasteiger partial charge in [-0.1, -0.05) is 46.6 Å². The predicted molar refractivity (Wildman–Crippen MR) is 104 cm³/mol. The van der Waals surface area contributed by atoms with E-state index in [1.165, 1.54) is 0 Å². The van der Waals surface area contributed by atoms with Gasteiger partial charge in [-0.2, -0.15) is 0 Å². The van der Waals surface area contributed by atoms with Crippen molar-refractivity contribution in [3.63, 3.8) is 0 Å². The van der Waals surface area contributed by atoms with Gasteiger partial charge in [-0.05, 0) is 30.3 Å². The first kappa shape index (κ1) is 23.6. The van der Waals surface area contributed by atoms with Crippen LogP contribution in [-0.2, 0) is 0 Å². The minimum atomic E-state index is 0. The minimum Gasteiger partial charge on any atom is -0.486 e. The van der Waals surface area contributed by atoms with Gasteiger partial charge in [0.25, 0.3) is 0 Å². The van der Waals surface area contributed by atoms with E-state index < -0.39 is 0 Å². The second-order valence-electron chi connectivity index (χ2n) is 4.11. The maximum absolute atomic E-state index is 5.30. The SMILES string of the molecule is C.C.C.C1=CCN=C1.c1ccc2c(c1)OCCO2.c1ccncc1. The molecule has 0 fully saturated rings. The van der Waals surface area contributed by atoms with E-state index in [-0.39, 0.29) is 22.3 Å². The van der Waals surface area contributed by atoms with E-state index in [1.807, 2.05) is 54.6 Å². The average molecular weight is 330 g/mol. The Kier molecular flexibility index (Phi) is 15.1. The van der Waals surface area contributed by atoms with Crippen molar-refractivity contribution in [1.82, 2.24) is 4.98 Å². The van der Waals surface area contributed by atoms with E-state index in [0.717, 1.165) is 18.0 Å². The van der Waals surface area contributed by atoms with Crippen molar-refractivity contribution in [1.29, 1.82) is 0 Å². The predicted octanol–water partition coefficient (Wildman–Crippen LogP) is 5.07. The van der Waals surface area contributed by atoms with Crippen molar-refractivity contribution in [2.75, 3.05) is 19.8 Å². The van der Waals surface area contributed by atoms with Crippen LogP contribution < -0.4 is 9.47 Å². The van der Waals surface area contributed by atoms with Gasteiger partial charge in [0.15, 0.2) is 11.5 Å². The Morgan fingerprint density at radius 2 is 1.33 bits per heavy atom. The standard InChI is InChI=1S/C8H8O2.C5H5N.C4H5N.3CH4/c1-2-4-8-7(3-1)9-5-6-10-8;1-2-4-6-5-3-1;1-2-4-5-3-1;;;/h1-4H,5-6H2;1-5H;1-3H,4H2;3*1H4. The number of fused-ring (bicyclic) bond motifs is 1. The Hall–Kier alpha value is -2.62. The maximum atomic E-state index is 5.30. The van der Waals surface area contributed by atoms with Gasteiger partial charge < -0.3 is 9.47 Å². The van der Waals surface area contributed by atoms with Crippen molar-refractivity contribution in [3.05, 3.63) is 67.0 Å². The Morgan fingerprint density at radius 1 is 0.750 bits per heavy atom. The molecule has 0 unspecified atom stereocenters. The molecular weight excluding hydrogens is 300 g/mol. The summed E-state index contributed by atoms with van der Waals surface area (Å²) in [5, 5.41) is 0. The normalized spacial score (nSPS) is 11.8. The summed E-state index contributed by atoms with van der Waals surface area (Å²) >= 11 is 0. The number of hydrogen-bond donors (Lipinski definition) is 0. The van der Waals surface area contributed by atoms with Gasteiger partial charge in [-0.15, -0.1) is 0 Å². The molecule has 4 rings (SSSR count). The molecule has 132 valence electrons. The number of aromatic nitrogens is 1. The zero-order valence-electron chi connectivity index (χ0n) is 11.8. The van der Waals surface area contributed by atoms with Crippen LogP contribution in [0.3, 0.4) is 0 Å². The highest BCUT2D eigenvalue weighted by molar-refractivity contribution is 5.73. The summed E-state index contributed by atoms with van der Waals surface area (Å²) in [4.78, 5) is 7.63. The average Bonchev–Trinajstić information content (AvgIpc) is 3.17. The number of benzene rings is 1. The first-order valence-corrected chi connectivity index (χ1v) is 6.81. The molecule has 2 aliphatic rings. The molecule has 0 aliphatic carbocycles. The molecule has 3 heterocycles. The molecule has 1 aromatic carbocycles. The molecule has 0 N–H and O–H groups in total. The molecule has 4 heteroatoms. The van der Waals surface area contributed by atoms with Gasteiger partial charge in [0.1, 0.15) is 13.2 Å². The molecule has 0 saturated heterocycles. The number of aliphatic imine (C=N–C) groups is 1. The highest BCUT2D eigenvalue weighted by atomic mass is 16.6. The summed E-state index contributed by atoms with van der Waals surface area (Å²) in [5.74, 6) is 1.71. The zero-order valence-corrected chi connectivity index (χ0v) is 11.8. The molecule has 0 saturated carbocycles. The van der Waals surface area contributed by atoms with Gasteiger partial charge in [0, 0.05) is 18.6 Å². The van der Waals surface area contributed by atoms with Crippen LogP contribution in [0.2, 0.25) is 0 Å². The number of nitrogens with zero attached hydrogens (tertiary/aromatic N) is 2. The molecule has 0 spiro atoms. The van der Waals surface area contributed by atoms with Crippen molar-refractivity contribution in [2.45, 2.75) is 22.3 Å². The number of para-hydroxylation sites is 2. The molecule has 0 bridgehead atoms. The second-order valence-corrected chi connectivity index (χ2v) is 4.11. The molecule has 1 aromatic heterocycles. The van der Waals surface area contributed by atoms with Gasteiger partial charge in [-0.3, -0.25) is 9.98 Å². The molecule has 24 heavy (non-hydrogen) atoms. The van der Waals surface area contributed by atoms with Crippen LogP contribution in [0.25, 0.3) is 0 Å². The zero-order chi connectivity index (χ0) is 14.6. The molecular formula is C20H30N2O2. The molecule has 2 aliphatic heterocycles. The Labute approximate surface area is 146 Å². The van der Waals surface area contributed by atoms with Crippen molar-refractivity contribution >= 4 is 6.21 Å². The maximum Gasteiger partial charge on any atom is 0.161 e. The fraction of sp³-hybridized carbons (Fsp3) is 0.300. The van der Waals surface area contributed by atoms with Crippen molar-refractivity contribution < 1.29 is 9.47 Å². The lowest BCUT2D eigenvalue weighted by molar-refractivity contribution is 0.171. The third-order valence-electron chi connectivity index (χ3n) is 2.55. The summed E-state index contributed by atoms with van der Waals surface area (Å²) in [6.45, 7) is 2.22. The third-order valence-corrected chi connectivity index (χ3v) is 2.55. The molecule has 0 amide bonds. The lowest BCUT2D eigenvalue weighted by atomic mass is 10.3. The summed E-state index contributed by atoms with van der Waals surface area (Å²) in [6, 6.07) is 13.4. The summed E-state index contributed by atoms with van der Waals surface area (Å²) in [5.41, 5.74) is 0. The smallest absolute Gasteiger partial charge is 0.161 e. The third kappa shape index (κ3) is 9.41. The fourth-order valence-corrected chi connectivity index (χ4v) is 1.61. The van der Waals surface area contributed by atoms with Gasteiger partial charge >= 0.3 is 0 Å². The van der Waals surface area contributed by atoms with Gasteiger partial charge in [0.05, 0.1) is 6.54 Å². The van der Waals surface area contributed by atoms with Crippen LogP contribution >= 0.6 is 0 Å². The van der Waals surface area contributed by atoms with Crippen molar-refractivity contribution in [3.8, 4) is 11.5 Å². The fourth-order valence-electron chi connectivity index (χ4n) is 1.61. The lowest BCUT2D eigenvalue weighted by Gasteiger charge is -2.17. The van der Waals surface area contributed by atoms with Gasteiger partial charge in [0.2, 0.25) is 0 Å². The van der Waals surface area contributed by atoms with Crippen LogP contribution in [0.15, 0.2) is 72.0 Å². The number of hydrogen-bond acceptors (Lipinski definition) is 4. The Morgan fingerprint density at radius 3 is 1.62 bits per heavy atom. The molecule has 0 atom stereocenters. The quantitative estimate of drug-likeness (QED) is 0.677. The van der Waals surface area contributed by atoms with E-state index in [4.69, 9.17) is 9.47 Å². The highest BCUT2D eigenvalue weighted by Gasteiger charge is 2.07. The number of rotatable bonds is 0. The highest BCUT2D eigenvalue weighted by Crippen LogP contribution is 2.28. The summed E-state index contributed by atoms with van der Waals surface area (Å²) in [6.07, 6.45) is 9.26. The van der Waals surface area contributed by atoms with Crippen molar-refractivity contribution in [2.24, 2.45) is 4.99 Å². The first-order valence-electron chi connectivity index (χ1n) is 6.81. The van der Waals surface area contributed by atoms with E-state index in [9.17, 15) is 0 Å². The van der Waals surface area contributed by atoms with Crippen LogP contribution in [0, 0.1) is 0 Å². The molecule has 2 aromatic rings. The summed E-state index contributed by atoms with van der Waals surface area (Å²) in [7, 11) is 0. The number of pyridine rings is 1. The van der Waals surface area contributed by atoms with Crippen LogP contribution in [0.1, 0.15) is 22.3 Å². The molecule has 0 radical (unpaired) electrons. The lowest BCUT2D eigenvalue weighted by Crippen LogP contribution is -2.14.